The Labute approximate surface area is 118 Å². The summed E-state index contributed by atoms with van der Waals surface area (Å²) in [6.07, 6.45) is 4.08. The minimum atomic E-state index is 0.688. The highest BCUT2D eigenvalue weighted by molar-refractivity contribution is 5.68. The molecule has 0 saturated heterocycles. The van der Waals surface area contributed by atoms with Crippen molar-refractivity contribution >= 4 is 5.65 Å². The molecular weight excluding hydrogens is 248 g/mol. The van der Waals surface area contributed by atoms with Gasteiger partial charge in [0.05, 0.1) is 12.3 Å². The lowest BCUT2D eigenvalue weighted by Gasteiger charge is -2.11. The van der Waals surface area contributed by atoms with Crippen molar-refractivity contribution in [3.8, 4) is 17.0 Å². The fourth-order valence-electron chi connectivity index (χ4n) is 2.44. The van der Waals surface area contributed by atoms with Gasteiger partial charge in [0.25, 0.3) is 0 Å². The summed E-state index contributed by atoms with van der Waals surface area (Å²) >= 11 is 0. The molecule has 3 rings (SSSR count). The van der Waals surface area contributed by atoms with E-state index in [0.29, 0.717) is 6.61 Å². The monoisotopic (exact) mass is 266 g/mol. The molecule has 0 atom stereocenters. The van der Waals surface area contributed by atoms with E-state index in [4.69, 9.17) is 4.74 Å². The smallest absolute Gasteiger partial charge is 0.137 e. The Hall–Kier alpha value is -2.29. The third-order valence-corrected chi connectivity index (χ3v) is 3.46. The van der Waals surface area contributed by atoms with Crippen LogP contribution in [-0.4, -0.2) is 16.0 Å². The first-order valence-electron chi connectivity index (χ1n) is 6.87. The van der Waals surface area contributed by atoms with Crippen molar-refractivity contribution in [2.75, 3.05) is 6.61 Å². The van der Waals surface area contributed by atoms with Crippen molar-refractivity contribution < 1.29 is 4.74 Å². The van der Waals surface area contributed by atoms with Gasteiger partial charge in [-0.15, -0.1) is 0 Å². The molecule has 0 bridgehead atoms. The number of fused-ring (bicyclic) bond motifs is 1. The summed E-state index contributed by atoms with van der Waals surface area (Å²) in [7, 11) is 0. The lowest BCUT2D eigenvalue weighted by Crippen LogP contribution is -1.96. The molecule has 2 aromatic heterocycles. The van der Waals surface area contributed by atoms with Gasteiger partial charge >= 0.3 is 0 Å². The lowest BCUT2D eigenvalue weighted by atomic mass is 10.0. The van der Waals surface area contributed by atoms with Gasteiger partial charge in [0, 0.05) is 18.0 Å². The second kappa shape index (κ2) is 5.00. The van der Waals surface area contributed by atoms with Gasteiger partial charge in [-0.25, -0.2) is 4.98 Å². The van der Waals surface area contributed by atoms with Crippen LogP contribution in [0.4, 0.5) is 0 Å². The minimum Gasteiger partial charge on any atom is -0.494 e. The van der Waals surface area contributed by atoms with E-state index in [0.717, 1.165) is 28.2 Å². The van der Waals surface area contributed by atoms with Crippen LogP contribution in [0, 0.1) is 13.8 Å². The van der Waals surface area contributed by atoms with E-state index in [1.54, 1.807) is 0 Å². The van der Waals surface area contributed by atoms with Crippen molar-refractivity contribution in [1.29, 1.82) is 0 Å². The zero-order valence-corrected chi connectivity index (χ0v) is 12.1. The highest BCUT2D eigenvalue weighted by atomic mass is 16.5. The molecule has 0 aliphatic heterocycles. The van der Waals surface area contributed by atoms with Crippen LogP contribution in [0.2, 0.25) is 0 Å². The van der Waals surface area contributed by atoms with Crippen LogP contribution in [0.5, 0.6) is 5.75 Å². The number of ether oxygens (including phenoxy) is 1. The van der Waals surface area contributed by atoms with Gasteiger partial charge in [-0.2, -0.15) is 0 Å². The van der Waals surface area contributed by atoms with Gasteiger partial charge in [-0.05, 0) is 56.2 Å². The predicted octanol–water partition coefficient (Wildman–Crippen LogP) is 4.02. The highest BCUT2D eigenvalue weighted by Crippen LogP contribution is 2.29. The molecule has 3 aromatic rings. The molecule has 0 spiro atoms. The number of aryl methyl sites for hydroxylation is 2. The van der Waals surface area contributed by atoms with Crippen molar-refractivity contribution in [3.63, 3.8) is 0 Å². The Morgan fingerprint density at radius 1 is 1.15 bits per heavy atom. The minimum absolute atomic E-state index is 0.688. The van der Waals surface area contributed by atoms with Crippen molar-refractivity contribution in [3.05, 3.63) is 53.9 Å². The largest absolute Gasteiger partial charge is 0.494 e. The Balaban J connectivity index is 2.11. The Morgan fingerprint density at radius 3 is 2.75 bits per heavy atom. The predicted molar refractivity (Wildman–Crippen MR) is 81.3 cm³/mol. The Kier molecular flexibility index (Phi) is 3.18. The molecule has 1 aromatic carbocycles. The molecule has 0 aliphatic rings. The molecule has 0 N–H and O–H groups in total. The maximum atomic E-state index is 5.64. The molecule has 0 unspecified atom stereocenters. The third kappa shape index (κ3) is 2.16. The van der Waals surface area contributed by atoms with Crippen LogP contribution < -0.4 is 4.74 Å². The van der Waals surface area contributed by atoms with E-state index in [9.17, 15) is 0 Å². The number of hydrogen-bond donors (Lipinski definition) is 0. The summed E-state index contributed by atoms with van der Waals surface area (Å²) in [4.78, 5) is 4.68. The maximum absolute atomic E-state index is 5.64. The standard InChI is InChI=1S/C17H18N2O/c1-4-20-16-10-12(2)14(9-13(16)3)15-11-19-8-6-5-7-17(19)18-15/h5-11H,4H2,1-3H3. The summed E-state index contributed by atoms with van der Waals surface area (Å²) in [5.74, 6) is 0.956. The zero-order valence-electron chi connectivity index (χ0n) is 12.1. The van der Waals surface area contributed by atoms with Crippen LogP contribution in [-0.2, 0) is 0 Å². The fraction of sp³-hybridized carbons (Fsp3) is 0.235. The number of rotatable bonds is 3. The van der Waals surface area contributed by atoms with Crippen LogP contribution in [0.3, 0.4) is 0 Å². The topological polar surface area (TPSA) is 26.5 Å². The first-order valence-corrected chi connectivity index (χ1v) is 6.87. The molecule has 0 fully saturated rings. The van der Waals surface area contributed by atoms with Crippen LogP contribution >= 0.6 is 0 Å². The van der Waals surface area contributed by atoms with Gasteiger partial charge in [0.2, 0.25) is 0 Å². The van der Waals surface area contributed by atoms with E-state index in [1.807, 2.05) is 35.7 Å². The molecule has 2 heterocycles. The van der Waals surface area contributed by atoms with Gasteiger partial charge in [0.15, 0.2) is 0 Å². The molecular formula is C17H18N2O. The zero-order chi connectivity index (χ0) is 14.1. The van der Waals surface area contributed by atoms with Gasteiger partial charge in [-0.1, -0.05) is 6.07 Å². The first kappa shape index (κ1) is 12.7. The number of nitrogens with zero attached hydrogens (tertiary/aromatic N) is 2. The van der Waals surface area contributed by atoms with Crippen LogP contribution in [0.15, 0.2) is 42.7 Å². The molecule has 0 aliphatic carbocycles. The molecule has 20 heavy (non-hydrogen) atoms. The van der Waals surface area contributed by atoms with Gasteiger partial charge in [0.1, 0.15) is 11.4 Å². The molecule has 3 nitrogen and oxygen atoms in total. The summed E-state index contributed by atoms with van der Waals surface area (Å²) in [5, 5.41) is 0. The molecule has 0 amide bonds. The van der Waals surface area contributed by atoms with E-state index >= 15 is 0 Å². The van der Waals surface area contributed by atoms with E-state index in [-0.39, 0.29) is 0 Å². The maximum Gasteiger partial charge on any atom is 0.137 e. The molecule has 102 valence electrons. The normalized spacial score (nSPS) is 10.9. The van der Waals surface area contributed by atoms with Crippen LogP contribution in [0.25, 0.3) is 16.9 Å². The number of hydrogen-bond acceptors (Lipinski definition) is 2. The quantitative estimate of drug-likeness (QED) is 0.716. The van der Waals surface area contributed by atoms with Crippen LogP contribution in [0.1, 0.15) is 18.1 Å². The second-order valence-corrected chi connectivity index (χ2v) is 4.96. The van der Waals surface area contributed by atoms with Gasteiger partial charge in [-0.3, -0.25) is 0 Å². The second-order valence-electron chi connectivity index (χ2n) is 4.96. The number of aromatic nitrogens is 2. The summed E-state index contributed by atoms with van der Waals surface area (Å²) < 4.78 is 7.68. The summed E-state index contributed by atoms with van der Waals surface area (Å²) in [6.45, 7) is 6.86. The van der Waals surface area contributed by atoms with Crippen molar-refractivity contribution in [2.24, 2.45) is 0 Å². The lowest BCUT2D eigenvalue weighted by molar-refractivity contribution is 0.337. The SMILES string of the molecule is CCOc1cc(C)c(-c2cn3ccccc3n2)cc1C. The first-order chi connectivity index (χ1) is 9.69. The number of benzene rings is 1. The number of pyridine rings is 1. The molecule has 3 heteroatoms. The fourth-order valence-corrected chi connectivity index (χ4v) is 2.44. The molecule has 0 saturated carbocycles. The molecule has 0 radical (unpaired) electrons. The number of imidazole rings is 1. The van der Waals surface area contributed by atoms with Crippen molar-refractivity contribution in [2.45, 2.75) is 20.8 Å². The van der Waals surface area contributed by atoms with E-state index in [2.05, 4.69) is 37.2 Å². The summed E-state index contributed by atoms with van der Waals surface area (Å²) in [5.41, 5.74) is 5.45. The summed E-state index contributed by atoms with van der Waals surface area (Å²) in [6, 6.07) is 10.3. The highest BCUT2D eigenvalue weighted by Gasteiger charge is 2.10. The Bertz CT molecular complexity index is 726. The Morgan fingerprint density at radius 2 is 2.00 bits per heavy atom. The average Bonchev–Trinajstić information content (AvgIpc) is 2.86. The van der Waals surface area contributed by atoms with E-state index < -0.39 is 0 Å². The average molecular weight is 266 g/mol. The van der Waals surface area contributed by atoms with Crippen molar-refractivity contribution in [1.82, 2.24) is 9.38 Å². The third-order valence-electron chi connectivity index (χ3n) is 3.46. The van der Waals surface area contributed by atoms with E-state index in [1.165, 1.54) is 5.56 Å². The van der Waals surface area contributed by atoms with Gasteiger partial charge < -0.3 is 9.14 Å².